The van der Waals surface area contributed by atoms with Crippen molar-refractivity contribution in [3.05, 3.63) is 71.3 Å². The average molecular weight is 281 g/mol. The van der Waals surface area contributed by atoms with Crippen LogP contribution in [0.2, 0.25) is 0 Å². The van der Waals surface area contributed by atoms with Crippen LogP contribution in [0.3, 0.4) is 0 Å². The molecule has 2 heteroatoms. The number of carbonyl (C=O) groups excluding carboxylic acids is 1. The summed E-state index contributed by atoms with van der Waals surface area (Å²) in [7, 11) is 2.07. The van der Waals surface area contributed by atoms with Crippen molar-refractivity contribution >= 4 is 6.29 Å². The number of rotatable bonds is 6. The lowest BCUT2D eigenvalue weighted by Crippen LogP contribution is -2.38. The number of carbonyl (C=O) groups is 1. The molecule has 2 aromatic rings. The third-order valence-corrected chi connectivity index (χ3v) is 3.99. The Morgan fingerprint density at radius 2 is 1.67 bits per heavy atom. The fourth-order valence-electron chi connectivity index (χ4n) is 2.71. The predicted octanol–water partition coefficient (Wildman–Crippen LogP) is 3.58. The molecule has 2 rings (SSSR count). The van der Waals surface area contributed by atoms with Gasteiger partial charge in [-0.05, 0) is 37.6 Å². The molecular weight excluding hydrogens is 258 g/mol. The van der Waals surface area contributed by atoms with E-state index in [0.29, 0.717) is 6.54 Å². The van der Waals surface area contributed by atoms with Crippen LogP contribution < -0.4 is 0 Å². The zero-order chi connectivity index (χ0) is 15.3. The molecule has 0 amide bonds. The zero-order valence-corrected chi connectivity index (χ0v) is 13.0. The van der Waals surface area contributed by atoms with E-state index in [9.17, 15) is 4.79 Å². The van der Waals surface area contributed by atoms with Gasteiger partial charge in [-0.25, -0.2) is 0 Å². The molecule has 0 aliphatic carbocycles. The molecule has 0 radical (unpaired) electrons. The van der Waals surface area contributed by atoms with Gasteiger partial charge in [-0.3, -0.25) is 0 Å². The molecule has 0 spiro atoms. The Kier molecular flexibility index (Phi) is 4.92. The van der Waals surface area contributed by atoms with Gasteiger partial charge in [-0.15, -0.1) is 0 Å². The maximum Gasteiger partial charge on any atom is 0.131 e. The minimum Gasteiger partial charge on any atom is -0.302 e. The Morgan fingerprint density at radius 1 is 1.05 bits per heavy atom. The highest BCUT2D eigenvalue weighted by Crippen LogP contribution is 2.23. The summed E-state index contributed by atoms with van der Waals surface area (Å²) < 4.78 is 0. The molecule has 0 aromatic heterocycles. The Morgan fingerprint density at radius 3 is 2.29 bits per heavy atom. The largest absolute Gasteiger partial charge is 0.302 e. The van der Waals surface area contributed by atoms with Gasteiger partial charge >= 0.3 is 0 Å². The monoisotopic (exact) mass is 281 g/mol. The van der Waals surface area contributed by atoms with Gasteiger partial charge in [0.25, 0.3) is 0 Å². The van der Waals surface area contributed by atoms with Gasteiger partial charge in [0.2, 0.25) is 0 Å². The number of nitrogens with zero attached hydrogens (tertiary/aromatic N) is 1. The third kappa shape index (κ3) is 3.79. The van der Waals surface area contributed by atoms with Crippen LogP contribution in [0.5, 0.6) is 0 Å². The van der Waals surface area contributed by atoms with Gasteiger partial charge < -0.3 is 9.69 Å². The second kappa shape index (κ2) is 6.68. The van der Waals surface area contributed by atoms with Crippen molar-refractivity contribution in [3.8, 4) is 0 Å². The van der Waals surface area contributed by atoms with Gasteiger partial charge in [-0.2, -0.15) is 0 Å². The Hall–Kier alpha value is -1.93. The lowest BCUT2D eigenvalue weighted by atomic mass is 9.83. The van der Waals surface area contributed by atoms with Crippen molar-refractivity contribution < 1.29 is 4.79 Å². The van der Waals surface area contributed by atoms with Crippen molar-refractivity contribution in [3.63, 3.8) is 0 Å². The highest BCUT2D eigenvalue weighted by Gasteiger charge is 2.27. The molecule has 0 heterocycles. The van der Waals surface area contributed by atoms with E-state index in [1.807, 2.05) is 37.3 Å². The highest BCUT2D eigenvalue weighted by molar-refractivity contribution is 5.68. The van der Waals surface area contributed by atoms with Gasteiger partial charge in [0, 0.05) is 13.1 Å². The SMILES string of the molecule is Cc1ccccc1CN(C)CC(C)(C=O)c1ccccc1. The zero-order valence-electron chi connectivity index (χ0n) is 13.0. The number of hydrogen-bond donors (Lipinski definition) is 0. The molecule has 0 saturated carbocycles. The van der Waals surface area contributed by atoms with Crippen molar-refractivity contribution in [2.75, 3.05) is 13.6 Å². The summed E-state index contributed by atoms with van der Waals surface area (Å²) in [6, 6.07) is 18.4. The fourth-order valence-corrected chi connectivity index (χ4v) is 2.71. The van der Waals surface area contributed by atoms with Crippen molar-refractivity contribution in [1.82, 2.24) is 4.90 Å². The maximum absolute atomic E-state index is 11.7. The minimum atomic E-state index is -0.474. The summed E-state index contributed by atoms with van der Waals surface area (Å²) in [5, 5.41) is 0. The van der Waals surface area contributed by atoms with Gasteiger partial charge in [0.05, 0.1) is 5.41 Å². The third-order valence-electron chi connectivity index (χ3n) is 3.99. The Bertz CT molecular complexity index is 594. The van der Waals surface area contributed by atoms with Crippen LogP contribution in [0.4, 0.5) is 0 Å². The van der Waals surface area contributed by atoms with E-state index < -0.39 is 5.41 Å². The van der Waals surface area contributed by atoms with Crippen LogP contribution in [0.25, 0.3) is 0 Å². The molecule has 110 valence electrons. The van der Waals surface area contributed by atoms with Crippen LogP contribution in [0.1, 0.15) is 23.6 Å². The molecule has 0 bridgehead atoms. The first kappa shape index (κ1) is 15.5. The Labute approximate surface area is 127 Å². The first-order chi connectivity index (χ1) is 10.0. The van der Waals surface area contributed by atoms with E-state index in [-0.39, 0.29) is 0 Å². The first-order valence-corrected chi connectivity index (χ1v) is 7.30. The van der Waals surface area contributed by atoms with E-state index in [2.05, 4.69) is 43.1 Å². The quantitative estimate of drug-likeness (QED) is 0.754. The van der Waals surface area contributed by atoms with Crippen LogP contribution in [0.15, 0.2) is 54.6 Å². The van der Waals surface area contributed by atoms with E-state index in [1.165, 1.54) is 11.1 Å². The number of hydrogen-bond acceptors (Lipinski definition) is 2. The minimum absolute atomic E-state index is 0.474. The van der Waals surface area contributed by atoms with Crippen LogP contribution >= 0.6 is 0 Å². The standard InChI is InChI=1S/C19H23NO/c1-16-9-7-8-10-17(16)13-20(3)14-19(2,15-21)18-11-5-4-6-12-18/h4-12,15H,13-14H2,1-3H3. The average Bonchev–Trinajstić information content (AvgIpc) is 2.50. The smallest absolute Gasteiger partial charge is 0.131 e. The lowest BCUT2D eigenvalue weighted by molar-refractivity contribution is -0.112. The predicted molar refractivity (Wildman–Crippen MR) is 87.4 cm³/mol. The molecular formula is C19H23NO. The van der Waals surface area contributed by atoms with E-state index in [4.69, 9.17) is 0 Å². The maximum atomic E-state index is 11.7. The Balaban J connectivity index is 2.12. The molecule has 0 saturated heterocycles. The summed E-state index contributed by atoms with van der Waals surface area (Å²) in [5.74, 6) is 0. The summed E-state index contributed by atoms with van der Waals surface area (Å²) >= 11 is 0. The summed E-state index contributed by atoms with van der Waals surface area (Å²) in [6.45, 7) is 5.68. The molecule has 0 N–H and O–H groups in total. The molecule has 0 aliphatic rings. The van der Waals surface area contributed by atoms with Crippen LogP contribution in [-0.2, 0) is 16.8 Å². The number of likely N-dealkylation sites (N-methyl/N-ethyl adjacent to an activating group) is 1. The van der Waals surface area contributed by atoms with E-state index in [0.717, 1.165) is 18.4 Å². The topological polar surface area (TPSA) is 20.3 Å². The molecule has 21 heavy (non-hydrogen) atoms. The van der Waals surface area contributed by atoms with E-state index in [1.54, 1.807) is 0 Å². The number of aldehydes is 1. The van der Waals surface area contributed by atoms with Crippen molar-refractivity contribution in [1.29, 1.82) is 0 Å². The van der Waals surface area contributed by atoms with E-state index >= 15 is 0 Å². The summed E-state index contributed by atoms with van der Waals surface area (Å²) in [5.41, 5.74) is 3.19. The van der Waals surface area contributed by atoms with Crippen LogP contribution in [-0.4, -0.2) is 24.8 Å². The summed E-state index contributed by atoms with van der Waals surface area (Å²) in [4.78, 5) is 13.9. The molecule has 2 aromatic carbocycles. The molecule has 0 aliphatic heterocycles. The number of aryl methyl sites for hydroxylation is 1. The van der Waals surface area contributed by atoms with Gasteiger partial charge in [-0.1, -0.05) is 54.6 Å². The van der Waals surface area contributed by atoms with Crippen LogP contribution in [0, 0.1) is 6.92 Å². The molecule has 1 unspecified atom stereocenters. The van der Waals surface area contributed by atoms with Crippen molar-refractivity contribution in [2.45, 2.75) is 25.8 Å². The van der Waals surface area contributed by atoms with Gasteiger partial charge in [0.15, 0.2) is 0 Å². The molecule has 2 nitrogen and oxygen atoms in total. The first-order valence-electron chi connectivity index (χ1n) is 7.30. The fraction of sp³-hybridized carbons (Fsp3) is 0.316. The molecule has 0 fully saturated rings. The second-order valence-corrected chi connectivity index (χ2v) is 6.00. The van der Waals surface area contributed by atoms with Crippen molar-refractivity contribution in [2.24, 2.45) is 0 Å². The highest BCUT2D eigenvalue weighted by atomic mass is 16.1. The lowest BCUT2D eigenvalue weighted by Gasteiger charge is -2.30. The normalized spacial score (nSPS) is 13.9. The van der Waals surface area contributed by atoms with Gasteiger partial charge in [0.1, 0.15) is 6.29 Å². The molecule has 1 atom stereocenters. The second-order valence-electron chi connectivity index (χ2n) is 6.00. The number of benzene rings is 2. The summed E-state index contributed by atoms with van der Waals surface area (Å²) in [6.07, 6.45) is 1.07.